The van der Waals surface area contributed by atoms with Gasteiger partial charge in [0.05, 0.1) is 18.5 Å². The summed E-state index contributed by atoms with van der Waals surface area (Å²) in [6, 6.07) is 13.5. The monoisotopic (exact) mass is 377 g/mol. The molecule has 1 aromatic carbocycles. The van der Waals surface area contributed by atoms with Crippen molar-refractivity contribution in [3.05, 3.63) is 78.5 Å². The molecule has 0 bridgehead atoms. The van der Waals surface area contributed by atoms with Crippen LogP contribution in [-0.4, -0.2) is 21.1 Å². The van der Waals surface area contributed by atoms with Crippen molar-refractivity contribution in [2.75, 3.05) is 6.61 Å². The number of hydrogen-bond donors (Lipinski definition) is 0. The topological polar surface area (TPSA) is 39.9 Å². The predicted octanol–water partition coefficient (Wildman–Crippen LogP) is 6.00. The van der Waals surface area contributed by atoms with Crippen LogP contribution >= 0.6 is 0 Å². The van der Waals surface area contributed by atoms with Crippen LogP contribution in [0, 0.1) is 0 Å². The third-order valence-corrected chi connectivity index (χ3v) is 4.23. The average Bonchev–Trinajstić information content (AvgIpc) is 3.17. The number of rotatable bonds is 8. The van der Waals surface area contributed by atoms with Crippen LogP contribution < -0.4 is 4.74 Å². The molecule has 0 aliphatic heterocycles. The number of unbranched alkanes of at least 4 members (excludes halogenated alkanes) is 1. The van der Waals surface area contributed by atoms with E-state index in [-0.39, 0.29) is 5.83 Å². The van der Waals surface area contributed by atoms with Crippen molar-refractivity contribution in [2.45, 2.75) is 26.7 Å². The molecule has 28 heavy (non-hydrogen) atoms. The normalized spacial score (nSPS) is 11.9. The molecule has 0 aliphatic rings. The molecule has 2 heterocycles. The van der Waals surface area contributed by atoms with Gasteiger partial charge >= 0.3 is 0 Å². The van der Waals surface area contributed by atoms with Crippen molar-refractivity contribution in [2.24, 2.45) is 0 Å². The molecule has 0 amide bonds. The molecular formula is C23H24FN3O. The molecule has 2 aromatic heterocycles. The summed E-state index contributed by atoms with van der Waals surface area (Å²) >= 11 is 0. The number of imidazole rings is 1. The van der Waals surface area contributed by atoms with Gasteiger partial charge in [-0.3, -0.25) is 9.55 Å². The zero-order valence-corrected chi connectivity index (χ0v) is 16.2. The maximum Gasteiger partial charge on any atom is 0.163 e. The Kier molecular flexibility index (Phi) is 6.73. The van der Waals surface area contributed by atoms with Crippen molar-refractivity contribution in [3.8, 4) is 23.0 Å². The zero-order chi connectivity index (χ0) is 19.8. The van der Waals surface area contributed by atoms with E-state index in [1.165, 1.54) is 12.2 Å². The summed E-state index contributed by atoms with van der Waals surface area (Å²) in [5.74, 6) is 1.22. The SMILES string of the molecule is C/C=C(F)\C=C/c1cnc(-c2ccccn2)n1-c1ccc(OCCCC)cc1. The summed E-state index contributed by atoms with van der Waals surface area (Å²) in [4.78, 5) is 8.94. The Morgan fingerprint density at radius 2 is 1.96 bits per heavy atom. The quantitative estimate of drug-likeness (QED) is 0.357. The molecule has 0 unspecified atom stereocenters. The number of nitrogens with zero attached hydrogens (tertiary/aromatic N) is 3. The molecule has 0 radical (unpaired) electrons. The van der Waals surface area contributed by atoms with E-state index in [1.54, 1.807) is 25.4 Å². The lowest BCUT2D eigenvalue weighted by Gasteiger charge is -2.12. The minimum Gasteiger partial charge on any atom is -0.494 e. The summed E-state index contributed by atoms with van der Waals surface area (Å²) in [7, 11) is 0. The minimum atomic E-state index is -0.299. The van der Waals surface area contributed by atoms with Crippen LogP contribution in [0.2, 0.25) is 0 Å². The van der Waals surface area contributed by atoms with Gasteiger partial charge in [-0.1, -0.05) is 25.5 Å². The molecule has 0 saturated heterocycles. The Morgan fingerprint density at radius 1 is 1.14 bits per heavy atom. The van der Waals surface area contributed by atoms with Gasteiger partial charge in [-0.25, -0.2) is 9.37 Å². The number of benzene rings is 1. The predicted molar refractivity (Wildman–Crippen MR) is 111 cm³/mol. The molecule has 0 fully saturated rings. The van der Waals surface area contributed by atoms with Gasteiger partial charge in [0.2, 0.25) is 0 Å². The van der Waals surface area contributed by atoms with E-state index in [4.69, 9.17) is 4.74 Å². The second-order valence-electron chi connectivity index (χ2n) is 6.26. The van der Waals surface area contributed by atoms with Crippen LogP contribution in [0.5, 0.6) is 5.75 Å². The third-order valence-electron chi connectivity index (χ3n) is 4.23. The number of pyridine rings is 1. The third kappa shape index (κ3) is 4.74. The highest BCUT2D eigenvalue weighted by Gasteiger charge is 2.13. The maximum absolute atomic E-state index is 13.6. The summed E-state index contributed by atoms with van der Waals surface area (Å²) in [6.07, 6.45) is 10.1. The Hall–Kier alpha value is -3.21. The first-order valence-electron chi connectivity index (χ1n) is 9.45. The molecule has 0 N–H and O–H groups in total. The molecule has 3 rings (SSSR count). The number of aromatic nitrogens is 3. The Morgan fingerprint density at radius 3 is 2.64 bits per heavy atom. The van der Waals surface area contributed by atoms with Gasteiger partial charge in [-0.2, -0.15) is 0 Å². The number of halogens is 1. The second-order valence-corrected chi connectivity index (χ2v) is 6.26. The van der Waals surface area contributed by atoms with Gasteiger partial charge in [-0.15, -0.1) is 0 Å². The highest BCUT2D eigenvalue weighted by atomic mass is 19.1. The molecule has 0 saturated carbocycles. The zero-order valence-electron chi connectivity index (χ0n) is 16.2. The fourth-order valence-electron chi connectivity index (χ4n) is 2.72. The minimum absolute atomic E-state index is 0.299. The van der Waals surface area contributed by atoms with Crippen molar-refractivity contribution >= 4 is 6.08 Å². The lowest BCUT2D eigenvalue weighted by molar-refractivity contribution is 0.309. The van der Waals surface area contributed by atoms with Crippen LogP contribution in [-0.2, 0) is 0 Å². The van der Waals surface area contributed by atoms with Gasteiger partial charge < -0.3 is 4.74 Å². The van der Waals surface area contributed by atoms with E-state index in [9.17, 15) is 4.39 Å². The van der Waals surface area contributed by atoms with Crippen LogP contribution in [0.1, 0.15) is 32.4 Å². The highest BCUT2D eigenvalue weighted by molar-refractivity contribution is 5.61. The van der Waals surface area contributed by atoms with Crippen LogP contribution in [0.25, 0.3) is 23.3 Å². The standard InChI is InChI=1S/C23H24FN3O/c1-3-5-16-28-21-13-11-19(12-14-21)27-20(10-9-18(24)4-2)17-26-23(27)22-8-6-7-15-25-22/h4,6-15,17H,3,5,16H2,1-2H3/b10-9-,18-4+. The first-order chi connectivity index (χ1) is 13.7. The van der Waals surface area contributed by atoms with E-state index < -0.39 is 0 Å². The van der Waals surface area contributed by atoms with Crippen molar-refractivity contribution in [3.63, 3.8) is 0 Å². The molecular weight excluding hydrogens is 353 g/mol. The van der Waals surface area contributed by atoms with Crippen molar-refractivity contribution in [1.82, 2.24) is 14.5 Å². The molecule has 144 valence electrons. The fourth-order valence-corrected chi connectivity index (χ4v) is 2.72. The van der Waals surface area contributed by atoms with Crippen LogP contribution in [0.15, 0.2) is 72.8 Å². The second kappa shape index (κ2) is 9.65. The van der Waals surface area contributed by atoms with E-state index in [0.29, 0.717) is 12.4 Å². The first-order valence-corrected chi connectivity index (χ1v) is 9.45. The number of allylic oxidation sites excluding steroid dienone is 3. The molecule has 0 aliphatic carbocycles. The van der Waals surface area contributed by atoms with Gasteiger partial charge in [0.1, 0.15) is 17.3 Å². The fraction of sp³-hybridized carbons (Fsp3) is 0.217. The van der Waals surface area contributed by atoms with Crippen molar-refractivity contribution in [1.29, 1.82) is 0 Å². The smallest absolute Gasteiger partial charge is 0.163 e. The molecule has 0 spiro atoms. The molecule has 0 atom stereocenters. The Labute approximate surface area is 165 Å². The molecule has 4 nitrogen and oxygen atoms in total. The first kappa shape index (κ1) is 19.5. The van der Waals surface area contributed by atoms with E-state index in [2.05, 4.69) is 16.9 Å². The summed E-state index contributed by atoms with van der Waals surface area (Å²) in [6.45, 7) is 4.50. The largest absolute Gasteiger partial charge is 0.494 e. The van der Waals surface area contributed by atoms with Gasteiger partial charge in [0, 0.05) is 11.9 Å². The molecule has 3 aromatic rings. The summed E-state index contributed by atoms with van der Waals surface area (Å²) in [5, 5.41) is 0. The van der Waals surface area contributed by atoms with Gasteiger partial charge in [0.25, 0.3) is 0 Å². The maximum atomic E-state index is 13.6. The van der Waals surface area contributed by atoms with Crippen LogP contribution in [0.4, 0.5) is 4.39 Å². The average molecular weight is 377 g/mol. The highest BCUT2D eigenvalue weighted by Crippen LogP contribution is 2.25. The van der Waals surface area contributed by atoms with E-state index in [0.717, 1.165) is 35.7 Å². The van der Waals surface area contributed by atoms with E-state index >= 15 is 0 Å². The lowest BCUT2D eigenvalue weighted by atomic mass is 10.2. The van der Waals surface area contributed by atoms with Crippen molar-refractivity contribution < 1.29 is 9.13 Å². The molecule has 5 heteroatoms. The summed E-state index contributed by atoms with van der Waals surface area (Å²) in [5.41, 5.74) is 2.41. The van der Waals surface area contributed by atoms with Gasteiger partial charge in [-0.05, 0) is 61.9 Å². The number of hydrogen-bond acceptors (Lipinski definition) is 3. The van der Waals surface area contributed by atoms with Gasteiger partial charge in [0.15, 0.2) is 5.82 Å². The lowest BCUT2D eigenvalue weighted by Crippen LogP contribution is -2.01. The number of ether oxygens (including phenoxy) is 1. The Bertz CT molecular complexity index is 944. The van der Waals surface area contributed by atoms with E-state index in [1.807, 2.05) is 47.0 Å². The Balaban J connectivity index is 1.99. The van der Waals surface area contributed by atoms with Crippen LogP contribution in [0.3, 0.4) is 0 Å². The summed E-state index contributed by atoms with van der Waals surface area (Å²) < 4.78 is 21.3.